The second kappa shape index (κ2) is 3.12. The van der Waals surface area contributed by atoms with E-state index >= 15 is 0 Å². The maximum Gasteiger partial charge on any atom is 0.310 e. The lowest BCUT2D eigenvalue weighted by Crippen LogP contribution is -2.47. The third-order valence-corrected chi connectivity index (χ3v) is 5.56. The molecule has 3 rings (SSSR count). The van der Waals surface area contributed by atoms with Crippen molar-refractivity contribution in [2.75, 3.05) is 0 Å². The maximum absolute atomic E-state index is 11.9. The number of carboxylic acids is 1. The van der Waals surface area contributed by atoms with Crippen LogP contribution < -0.4 is 0 Å². The summed E-state index contributed by atoms with van der Waals surface area (Å²) in [5.74, 6) is 0.311. The highest BCUT2D eigenvalue weighted by Crippen LogP contribution is 2.65. The number of hydrogen-bond acceptors (Lipinski definition) is 1. The molecule has 0 aromatic carbocycles. The molecule has 0 aromatic heterocycles. The number of aliphatic carboxylic acids is 1. The van der Waals surface area contributed by atoms with Gasteiger partial charge < -0.3 is 5.11 Å². The van der Waals surface area contributed by atoms with Crippen molar-refractivity contribution in [1.82, 2.24) is 0 Å². The fourth-order valence-electron chi connectivity index (χ4n) is 4.66. The number of allylic oxidation sites excluding steroid dienone is 2. The van der Waals surface area contributed by atoms with E-state index in [0.717, 1.165) is 25.7 Å². The molecule has 3 atom stereocenters. The summed E-state index contributed by atoms with van der Waals surface area (Å²) in [5.41, 5.74) is -0.397. The molecule has 3 unspecified atom stereocenters. The third kappa shape index (κ3) is 1.05. The van der Waals surface area contributed by atoms with E-state index in [1.54, 1.807) is 0 Å². The van der Waals surface area contributed by atoms with Crippen molar-refractivity contribution in [3.63, 3.8) is 0 Å². The Kier molecular flexibility index (Phi) is 2.02. The van der Waals surface area contributed by atoms with E-state index in [4.69, 9.17) is 0 Å². The average Bonchev–Trinajstić information content (AvgIpc) is 2.91. The quantitative estimate of drug-likeness (QED) is 0.725. The summed E-state index contributed by atoms with van der Waals surface area (Å²) >= 11 is 0. The standard InChI is InChI=1S/C14H20O2/c1-13(6-2-3-7-13)14(12(15)16)9-10-4-5-11(14)8-10/h4-5,10-11H,2-3,6-9H2,1H3,(H,15,16). The Labute approximate surface area is 96.7 Å². The molecule has 2 fully saturated rings. The highest BCUT2D eigenvalue weighted by molar-refractivity contribution is 5.78. The molecule has 2 bridgehead atoms. The van der Waals surface area contributed by atoms with Crippen LogP contribution >= 0.6 is 0 Å². The van der Waals surface area contributed by atoms with E-state index in [1.165, 1.54) is 12.8 Å². The van der Waals surface area contributed by atoms with Crippen molar-refractivity contribution in [2.24, 2.45) is 22.7 Å². The van der Waals surface area contributed by atoms with Crippen molar-refractivity contribution in [1.29, 1.82) is 0 Å². The summed E-state index contributed by atoms with van der Waals surface area (Å²) in [7, 11) is 0. The van der Waals surface area contributed by atoms with Gasteiger partial charge in [-0.3, -0.25) is 4.79 Å². The molecule has 2 heteroatoms. The molecule has 0 amide bonds. The van der Waals surface area contributed by atoms with Crippen molar-refractivity contribution in [2.45, 2.75) is 45.4 Å². The molecule has 2 nitrogen and oxygen atoms in total. The lowest BCUT2D eigenvalue weighted by Gasteiger charge is -2.45. The zero-order valence-corrected chi connectivity index (χ0v) is 9.91. The van der Waals surface area contributed by atoms with Crippen LogP contribution in [0.25, 0.3) is 0 Å². The van der Waals surface area contributed by atoms with E-state index in [9.17, 15) is 9.90 Å². The maximum atomic E-state index is 11.9. The molecule has 0 spiro atoms. The highest BCUT2D eigenvalue weighted by atomic mass is 16.4. The van der Waals surface area contributed by atoms with Gasteiger partial charge in [-0.1, -0.05) is 31.9 Å². The number of fused-ring (bicyclic) bond motifs is 2. The Bertz CT molecular complexity index is 352. The average molecular weight is 220 g/mol. The van der Waals surface area contributed by atoms with Gasteiger partial charge in [0.25, 0.3) is 0 Å². The summed E-state index contributed by atoms with van der Waals surface area (Å²) in [6.45, 7) is 2.22. The monoisotopic (exact) mass is 220 g/mol. The largest absolute Gasteiger partial charge is 0.481 e. The summed E-state index contributed by atoms with van der Waals surface area (Å²) in [6.07, 6.45) is 11.0. The van der Waals surface area contributed by atoms with Gasteiger partial charge in [-0.25, -0.2) is 0 Å². The van der Waals surface area contributed by atoms with Crippen LogP contribution in [0.15, 0.2) is 12.2 Å². The lowest BCUT2D eigenvalue weighted by atomic mass is 9.57. The topological polar surface area (TPSA) is 37.3 Å². The number of rotatable bonds is 2. The molecule has 0 saturated heterocycles. The number of carboxylic acid groups (broad SMARTS) is 1. The van der Waals surface area contributed by atoms with Crippen LogP contribution in [-0.2, 0) is 4.79 Å². The van der Waals surface area contributed by atoms with Crippen molar-refractivity contribution in [3.05, 3.63) is 12.2 Å². The van der Waals surface area contributed by atoms with Gasteiger partial charge >= 0.3 is 5.97 Å². The van der Waals surface area contributed by atoms with E-state index in [0.29, 0.717) is 11.8 Å². The van der Waals surface area contributed by atoms with E-state index in [1.807, 2.05) is 0 Å². The van der Waals surface area contributed by atoms with Crippen LogP contribution in [0.2, 0.25) is 0 Å². The first-order valence-electron chi connectivity index (χ1n) is 6.50. The van der Waals surface area contributed by atoms with Gasteiger partial charge in [0, 0.05) is 0 Å². The van der Waals surface area contributed by atoms with Crippen LogP contribution in [0, 0.1) is 22.7 Å². The smallest absolute Gasteiger partial charge is 0.310 e. The Morgan fingerprint density at radius 2 is 2.00 bits per heavy atom. The molecule has 3 aliphatic rings. The fraction of sp³-hybridized carbons (Fsp3) is 0.786. The van der Waals surface area contributed by atoms with E-state index in [-0.39, 0.29) is 5.41 Å². The molecule has 1 N–H and O–H groups in total. The molecule has 88 valence electrons. The first kappa shape index (κ1) is 10.4. The number of hydrogen-bond donors (Lipinski definition) is 1. The molecule has 3 aliphatic carbocycles. The normalized spacial score (nSPS) is 44.1. The minimum Gasteiger partial charge on any atom is -0.481 e. The van der Waals surface area contributed by atoms with Gasteiger partial charge in [-0.05, 0) is 42.9 Å². The predicted molar refractivity (Wildman–Crippen MR) is 62.0 cm³/mol. The van der Waals surface area contributed by atoms with Crippen molar-refractivity contribution in [3.8, 4) is 0 Å². The zero-order chi connectivity index (χ0) is 11.4. The predicted octanol–water partition coefficient (Wildman–Crippen LogP) is 3.23. The van der Waals surface area contributed by atoms with Gasteiger partial charge in [0.15, 0.2) is 0 Å². The summed E-state index contributed by atoms with van der Waals surface area (Å²) in [6, 6.07) is 0. The SMILES string of the molecule is CC1(C2(C(=O)O)CC3C=CC2C3)CCCC1. The van der Waals surface area contributed by atoms with Crippen LogP contribution in [0.1, 0.15) is 45.4 Å². The fourth-order valence-corrected chi connectivity index (χ4v) is 4.66. The van der Waals surface area contributed by atoms with Crippen molar-refractivity contribution < 1.29 is 9.90 Å². The highest BCUT2D eigenvalue weighted by Gasteiger charge is 2.63. The molecule has 16 heavy (non-hydrogen) atoms. The van der Waals surface area contributed by atoms with Crippen LogP contribution in [0.5, 0.6) is 0 Å². The van der Waals surface area contributed by atoms with Crippen molar-refractivity contribution >= 4 is 5.97 Å². The summed E-state index contributed by atoms with van der Waals surface area (Å²) < 4.78 is 0. The van der Waals surface area contributed by atoms with E-state index in [2.05, 4.69) is 19.1 Å². The first-order chi connectivity index (χ1) is 7.58. The van der Waals surface area contributed by atoms with Crippen LogP contribution in [0.3, 0.4) is 0 Å². The second-order valence-electron chi connectivity index (χ2n) is 6.24. The molecule has 0 radical (unpaired) electrons. The van der Waals surface area contributed by atoms with Gasteiger partial charge in [-0.2, -0.15) is 0 Å². The van der Waals surface area contributed by atoms with Gasteiger partial charge in [0.1, 0.15) is 0 Å². The molecular formula is C14H20O2. The third-order valence-electron chi connectivity index (χ3n) is 5.56. The van der Waals surface area contributed by atoms with Crippen LogP contribution in [0.4, 0.5) is 0 Å². The Morgan fingerprint density at radius 1 is 1.31 bits per heavy atom. The van der Waals surface area contributed by atoms with Gasteiger partial charge in [0.05, 0.1) is 5.41 Å². The Morgan fingerprint density at radius 3 is 2.44 bits per heavy atom. The first-order valence-corrected chi connectivity index (χ1v) is 6.50. The van der Waals surface area contributed by atoms with Gasteiger partial charge in [0.2, 0.25) is 0 Å². The summed E-state index contributed by atoms with van der Waals surface area (Å²) in [4.78, 5) is 11.9. The molecule has 2 saturated carbocycles. The lowest BCUT2D eigenvalue weighted by molar-refractivity contribution is -0.161. The Balaban J connectivity index is 2.04. The molecule has 0 heterocycles. The molecule has 0 aromatic rings. The molecular weight excluding hydrogens is 200 g/mol. The Hall–Kier alpha value is -0.790. The minimum absolute atomic E-state index is 0.0447. The zero-order valence-electron chi connectivity index (χ0n) is 9.91. The summed E-state index contributed by atoms with van der Waals surface area (Å²) in [5, 5.41) is 9.78. The molecule has 0 aliphatic heterocycles. The van der Waals surface area contributed by atoms with Gasteiger partial charge in [-0.15, -0.1) is 0 Å². The van der Waals surface area contributed by atoms with Crippen LogP contribution in [-0.4, -0.2) is 11.1 Å². The minimum atomic E-state index is -0.534. The van der Waals surface area contributed by atoms with E-state index < -0.39 is 11.4 Å². The number of carbonyl (C=O) groups is 1. The second-order valence-corrected chi connectivity index (χ2v) is 6.24.